The molecule has 1 aliphatic carbocycles. The first-order chi connectivity index (χ1) is 16.1. The number of carbonyl (C=O) groups excluding carboxylic acids is 1. The fraction of sp³-hybridized carbons (Fsp3) is 0.269. The number of aromatic nitrogens is 4. The number of hydrogen-bond donors (Lipinski definition) is 2. The summed E-state index contributed by atoms with van der Waals surface area (Å²) in [7, 11) is 1.88. The zero-order chi connectivity index (χ0) is 22.8. The molecule has 0 spiro atoms. The molecule has 1 aliphatic rings. The van der Waals surface area contributed by atoms with E-state index in [-0.39, 0.29) is 12.1 Å². The molecular formula is C26H28N6O. The first kappa shape index (κ1) is 21.0. The second kappa shape index (κ2) is 8.94. The van der Waals surface area contributed by atoms with Gasteiger partial charge in [-0.3, -0.25) is 10.00 Å². The molecule has 168 valence electrons. The molecule has 1 fully saturated rings. The molecule has 2 atom stereocenters. The number of anilines is 1. The third-order valence-electron chi connectivity index (χ3n) is 6.39. The number of para-hydroxylation sites is 1. The third-order valence-corrected chi connectivity index (χ3v) is 6.39. The Morgan fingerprint density at radius 3 is 2.45 bits per heavy atom. The summed E-state index contributed by atoms with van der Waals surface area (Å²) in [6.45, 7) is 1.98. The van der Waals surface area contributed by atoms with Crippen LogP contribution >= 0.6 is 0 Å². The molecule has 2 amide bonds. The number of hydrogen-bond acceptors (Lipinski definition) is 3. The third kappa shape index (κ3) is 4.26. The molecule has 0 saturated heterocycles. The Morgan fingerprint density at radius 2 is 1.76 bits per heavy atom. The highest BCUT2D eigenvalue weighted by molar-refractivity contribution is 5.91. The Bertz CT molecular complexity index is 1240. The maximum atomic E-state index is 13.2. The van der Waals surface area contributed by atoms with Gasteiger partial charge in [-0.15, -0.1) is 0 Å². The number of amides is 2. The highest BCUT2D eigenvalue weighted by Gasteiger charge is 2.30. The molecule has 0 bridgehead atoms. The van der Waals surface area contributed by atoms with Gasteiger partial charge in [0.05, 0.1) is 11.9 Å². The van der Waals surface area contributed by atoms with Gasteiger partial charge in [0.15, 0.2) is 0 Å². The summed E-state index contributed by atoms with van der Waals surface area (Å²) in [6.07, 6.45) is 6.89. The van der Waals surface area contributed by atoms with Gasteiger partial charge in [0.25, 0.3) is 0 Å². The summed E-state index contributed by atoms with van der Waals surface area (Å²) in [6, 6.07) is 20.2. The minimum atomic E-state index is -0.208. The van der Waals surface area contributed by atoms with E-state index in [9.17, 15) is 4.79 Å². The Labute approximate surface area is 193 Å². The van der Waals surface area contributed by atoms with E-state index in [1.807, 2.05) is 56.6 Å². The molecule has 0 unspecified atom stereocenters. The summed E-state index contributed by atoms with van der Waals surface area (Å²) in [4.78, 5) is 13.2. The monoisotopic (exact) mass is 440 g/mol. The summed E-state index contributed by atoms with van der Waals surface area (Å²) in [5, 5.41) is 15.4. The number of nitrogens with one attached hydrogen (secondary N) is 2. The van der Waals surface area contributed by atoms with Gasteiger partial charge in [-0.25, -0.2) is 9.48 Å². The second-order valence-corrected chi connectivity index (χ2v) is 8.63. The Kier molecular flexibility index (Phi) is 5.69. The van der Waals surface area contributed by atoms with Crippen LogP contribution in [0, 0.1) is 6.92 Å². The van der Waals surface area contributed by atoms with E-state index < -0.39 is 0 Å². The first-order valence-electron chi connectivity index (χ1n) is 11.4. The number of rotatable bonds is 5. The van der Waals surface area contributed by atoms with Crippen LogP contribution in [-0.4, -0.2) is 31.6 Å². The van der Waals surface area contributed by atoms with E-state index in [0.29, 0.717) is 11.7 Å². The van der Waals surface area contributed by atoms with Crippen molar-refractivity contribution in [2.45, 2.75) is 38.1 Å². The Balaban J connectivity index is 1.42. The summed E-state index contributed by atoms with van der Waals surface area (Å²) < 4.78 is 3.54. The van der Waals surface area contributed by atoms with Crippen molar-refractivity contribution in [2.24, 2.45) is 7.05 Å². The summed E-state index contributed by atoms with van der Waals surface area (Å²) in [5.41, 5.74) is 4.77. The predicted octanol–water partition coefficient (Wildman–Crippen LogP) is 5.04. The lowest BCUT2D eigenvalue weighted by Gasteiger charge is -2.22. The van der Waals surface area contributed by atoms with Crippen molar-refractivity contribution >= 4 is 11.8 Å². The predicted molar refractivity (Wildman–Crippen MR) is 129 cm³/mol. The lowest BCUT2D eigenvalue weighted by atomic mass is 9.94. The van der Waals surface area contributed by atoms with Gasteiger partial charge in [-0.05, 0) is 37.5 Å². The Morgan fingerprint density at radius 1 is 1.03 bits per heavy atom. The molecule has 4 aromatic rings. The first-order valence-corrected chi connectivity index (χ1v) is 11.4. The normalized spacial score (nSPS) is 17.8. The number of nitrogens with zero attached hydrogens (tertiary/aromatic N) is 4. The zero-order valence-electron chi connectivity index (χ0n) is 18.9. The fourth-order valence-electron chi connectivity index (χ4n) is 4.76. The molecule has 1 saturated carbocycles. The highest BCUT2D eigenvalue weighted by Crippen LogP contribution is 2.35. The van der Waals surface area contributed by atoms with Crippen LogP contribution in [0.15, 0.2) is 73.1 Å². The van der Waals surface area contributed by atoms with Crippen LogP contribution in [0.25, 0.3) is 16.9 Å². The number of carbonyl (C=O) groups is 1. The van der Waals surface area contributed by atoms with Crippen LogP contribution in [0.3, 0.4) is 0 Å². The van der Waals surface area contributed by atoms with E-state index in [2.05, 4.69) is 40.0 Å². The molecule has 2 aromatic carbocycles. The van der Waals surface area contributed by atoms with Crippen LogP contribution in [0.4, 0.5) is 10.6 Å². The van der Waals surface area contributed by atoms with Gasteiger partial charge in [0, 0.05) is 36.3 Å². The second-order valence-electron chi connectivity index (χ2n) is 8.63. The quantitative estimate of drug-likeness (QED) is 0.456. The van der Waals surface area contributed by atoms with Crippen molar-refractivity contribution in [2.75, 3.05) is 5.32 Å². The van der Waals surface area contributed by atoms with E-state index in [1.54, 1.807) is 15.6 Å². The maximum Gasteiger partial charge on any atom is 0.320 e. The van der Waals surface area contributed by atoms with E-state index in [4.69, 9.17) is 5.10 Å². The van der Waals surface area contributed by atoms with Crippen molar-refractivity contribution in [3.63, 3.8) is 0 Å². The SMILES string of the molecule is Cc1c(-c2cnn(C)c2)nn(-c2ccccc2)c1NC(=O)N[C@@H]1CCC[C@H]1c1ccccc1. The van der Waals surface area contributed by atoms with Crippen molar-refractivity contribution in [1.82, 2.24) is 24.9 Å². The summed E-state index contributed by atoms with van der Waals surface area (Å²) in [5.74, 6) is 0.995. The lowest BCUT2D eigenvalue weighted by Crippen LogP contribution is -2.39. The van der Waals surface area contributed by atoms with Crippen LogP contribution in [0.2, 0.25) is 0 Å². The topological polar surface area (TPSA) is 76.8 Å². The van der Waals surface area contributed by atoms with E-state index in [0.717, 1.165) is 41.8 Å². The van der Waals surface area contributed by atoms with Crippen LogP contribution in [0.5, 0.6) is 0 Å². The molecule has 0 radical (unpaired) electrons. The standard InChI is InChI=1S/C26H28N6O/c1-18-24(20-16-27-31(2)17-20)30-32(21-12-7-4-8-13-21)25(18)29-26(33)28-23-15-9-14-22(23)19-10-5-3-6-11-19/h3-8,10-13,16-17,22-23H,9,14-15H2,1-2H3,(H2,28,29,33)/t22-,23+/m0/s1. The molecule has 0 aliphatic heterocycles. The molecule has 7 nitrogen and oxygen atoms in total. The van der Waals surface area contributed by atoms with Crippen molar-refractivity contribution in [3.05, 3.63) is 84.2 Å². The smallest absolute Gasteiger partial charge is 0.320 e. The Hall–Kier alpha value is -3.87. The van der Waals surface area contributed by atoms with Gasteiger partial charge in [0.1, 0.15) is 11.5 Å². The largest absolute Gasteiger partial charge is 0.334 e. The number of benzene rings is 2. The van der Waals surface area contributed by atoms with Crippen LogP contribution in [-0.2, 0) is 7.05 Å². The van der Waals surface area contributed by atoms with Gasteiger partial charge >= 0.3 is 6.03 Å². The average molecular weight is 441 g/mol. The minimum Gasteiger partial charge on any atom is -0.334 e. The van der Waals surface area contributed by atoms with Gasteiger partial charge < -0.3 is 5.32 Å². The summed E-state index contributed by atoms with van der Waals surface area (Å²) >= 11 is 0. The van der Waals surface area contributed by atoms with Gasteiger partial charge in [-0.1, -0.05) is 55.0 Å². The van der Waals surface area contributed by atoms with Crippen LogP contribution in [0.1, 0.15) is 36.3 Å². The number of urea groups is 1. The molecule has 2 heterocycles. The molecular weight excluding hydrogens is 412 g/mol. The number of aryl methyl sites for hydroxylation is 1. The molecule has 33 heavy (non-hydrogen) atoms. The fourth-order valence-corrected chi connectivity index (χ4v) is 4.76. The molecule has 7 heteroatoms. The van der Waals surface area contributed by atoms with Gasteiger partial charge in [-0.2, -0.15) is 10.2 Å². The minimum absolute atomic E-state index is 0.110. The highest BCUT2D eigenvalue weighted by atomic mass is 16.2. The molecule has 2 aromatic heterocycles. The maximum absolute atomic E-state index is 13.2. The van der Waals surface area contributed by atoms with Gasteiger partial charge in [0.2, 0.25) is 0 Å². The van der Waals surface area contributed by atoms with Crippen molar-refractivity contribution < 1.29 is 4.79 Å². The van der Waals surface area contributed by atoms with E-state index in [1.165, 1.54) is 5.56 Å². The van der Waals surface area contributed by atoms with Crippen molar-refractivity contribution in [3.8, 4) is 16.9 Å². The lowest BCUT2D eigenvalue weighted by molar-refractivity contribution is 0.247. The van der Waals surface area contributed by atoms with E-state index >= 15 is 0 Å². The zero-order valence-corrected chi connectivity index (χ0v) is 18.9. The molecule has 2 N–H and O–H groups in total. The average Bonchev–Trinajstić information content (AvgIpc) is 3.55. The van der Waals surface area contributed by atoms with Crippen molar-refractivity contribution in [1.29, 1.82) is 0 Å². The van der Waals surface area contributed by atoms with Crippen LogP contribution < -0.4 is 10.6 Å². The molecule has 5 rings (SSSR count).